The standard InChI is InChI=1S/C19H20BrClFN3O2/c1-11-8-13(20)4-6-16(11)23-18(26)10-25(3)12(2)19(27)24-17-7-5-14(21)9-15(17)22/h4-9,12H,10H2,1-3H3,(H,23,26)(H,24,27). The van der Waals surface area contributed by atoms with Gasteiger partial charge in [-0.2, -0.15) is 0 Å². The van der Waals surface area contributed by atoms with Crippen LogP contribution in [0.15, 0.2) is 40.9 Å². The van der Waals surface area contributed by atoms with Crippen molar-refractivity contribution < 1.29 is 14.0 Å². The third kappa shape index (κ3) is 6.02. The number of benzene rings is 2. The Morgan fingerprint density at radius 3 is 2.48 bits per heavy atom. The van der Waals surface area contributed by atoms with Crippen LogP contribution in [0, 0.1) is 12.7 Å². The van der Waals surface area contributed by atoms with Crippen molar-refractivity contribution in [1.29, 1.82) is 0 Å². The van der Waals surface area contributed by atoms with E-state index in [0.717, 1.165) is 16.1 Å². The highest BCUT2D eigenvalue weighted by Crippen LogP contribution is 2.21. The molecule has 2 N–H and O–H groups in total. The van der Waals surface area contributed by atoms with Gasteiger partial charge in [0.25, 0.3) is 0 Å². The average Bonchev–Trinajstić information content (AvgIpc) is 2.59. The fourth-order valence-corrected chi connectivity index (χ4v) is 2.98. The van der Waals surface area contributed by atoms with Crippen LogP contribution in [-0.4, -0.2) is 36.3 Å². The second-order valence-electron chi connectivity index (χ2n) is 6.21. The highest BCUT2D eigenvalue weighted by Gasteiger charge is 2.21. The van der Waals surface area contributed by atoms with Gasteiger partial charge in [-0.15, -0.1) is 0 Å². The lowest BCUT2D eigenvalue weighted by Gasteiger charge is -2.23. The topological polar surface area (TPSA) is 61.4 Å². The molecule has 2 amide bonds. The summed E-state index contributed by atoms with van der Waals surface area (Å²) in [5.74, 6) is -1.29. The van der Waals surface area contributed by atoms with Gasteiger partial charge in [0, 0.05) is 15.2 Å². The molecule has 1 unspecified atom stereocenters. The Morgan fingerprint density at radius 2 is 1.85 bits per heavy atom. The van der Waals surface area contributed by atoms with Gasteiger partial charge in [-0.3, -0.25) is 14.5 Å². The van der Waals surface area contributed by atoms with Gasteiger partial charge in [0.1, 0.15) is 5.82 Å². The van der Waals surface area contributed by atoms with E-state index in [4.69, 9.17) is 11.6 Å². The third-order valence-electron chi connectivity index (χ3n) is 4.09. The summed E-state index contributed by atoms with van der Waals surface area (Å²) < 4.78 is 14.7. The van der Waals surface area contributed by atoms with Gasteiger partial charge in [-0.1, -0.05) is 27.5 Å². The van der Waals surface area contributed by atoms with Gasteiger partial charge in [-0.25, -0.2) is 4.39 Å². The molecule has 0 bridgehead atoms. The van der Waals surface area contributed by atoms with E-state index < -0.39 is 17.8 Å². The van der Waals surface area contributed by atoms with Crippen molar-refractivity contribution in [3.05, 3.63) is 57.3 Å². The Balaban J connectivity index is 1.94. The number of carbonyl (C=O) groups is 2. The average molecular weight is 457 g/mol. The molecule has 2 aromatic carbocycles. The molecule has 1 atom stereocenters. The number of amides is 2. The van der Waals surface area contributed by atoms with Crippen LogP contribution >= 0.6 is 27.5 Å². The maximum atomic E-state index is 13.8. The van der Waals surface area contributed by atoms with E-state index in [2.05, 4.69) is 26.6 Å². The molecule has 27 heavy (non-hydrogen) atoms. The third-order valence-corrected chi connectivity index (χ3v) is 4.81. The number of nitrogens with one attached hydrogen (secondary N) is 2. The van der Waals surface area contributed by atoms with E-state index in [1.807, 2.05) is 19.1 Å². The number of rotatable bonds is 6. The molecule has 0 aliphatic carbocycles. The van der Waals surface area contributed by atoms with Crippen LogP contribution in [0.2, 0.25) is 5.02 Å². The molecule has 0 aromatic heterocycles. The molecule has 5 nitrogen and oxygen atoms in total. The van der Waals surface area contributed by atoms with Gasteiger partial charge in [-0.05, 0) is 62.9 Å². The lowest BCUT2D eigenvalue weighted by Crippen LogP contribution is -2.43. The van der Waals surface area contributed by atoms with Crippen LogP contribution in [0.3, 0.4) is 0 Å². The van der Waals surface area contributed by atoms with Crippen LogP contribution in [0.25, 0.3) is 0 Å². The second kappa shape index (κ2) is 9.30. The molecule has 0 saturated carbocycles. The number of nitrogens with zero attached hydrogens (tertiary/aromatic N) is 1. The summed E-state index contributed by atoms with van der Waals surface area (Å²) in [4.78, 5) is 26.2. The molecule has 144 valence electrons. The smallest absolute Gasteiger partial charge is 0.241 e. The van der Waals surface area contributed by atoms with Crippen LogP contribution in [0.5, 0.6) is 0 Å². The van der Waals surface area contributed by atoms with Crippen molar-refractivity contribution >= 4 is 50.7 Å². The maximum Gasteiger partial charge on any atom is 0.241 e. The normalized spacial score (nSPS) is 12.0. The SMILES string of the molecule is Cc1cc(Br)ccc1NC(=O)CN(C)C(C)C(=O)Nc1ccc(Cl)cc1F. The maximum absolute atomic E-state index is 13.8. The number of carbonyl (C=O) groups excluding carboxylic acids is 2. The quantitative estimate of drug-likeness (QED) is 0.675. The van der Waals surface area contributed by atoms with Crippen LogP contribution in [0.4, 0.5) is 15.8 Å². The molecule has 0 spiro atoms. The lowest BCUT2D eigenvalue weighted by molar-refractivity contribution is -0.122. The van der Waals surface area contributed by atoms with Crippen molar-refractivity contribution in [2.24, 2.45) is 0 Å². The second-order valence-corrected chi connectivity index (χ2v) is 7.56. The summed E-state index contributed by atoms with van der Waals surface area (Å²) in [7, 11) is 1.65. The van der Waals surface area contributed by atoms with Gasteiger partial charge >= 0.3 is 0 Å². The first-order valence-electron chi connectivity index (χ1n) is 8.19. The molecule has 0 heterocycles. The molecule has 0 aliphatic rings. The monoisotopic (exact) mass is 455 g/mol. The fraction of sp³-hybridized carbons (Fsp3) is 0.263. The van der Waals surface area contributed by atoms with E-state index in [9.17, 15) is 14.0 Å². The van der Waals surface area contributed by atoms with Crippen LogP contribution in [-0.2, 0) is 9.59 Å². The predicted octanol–water partition coefficient (Wildman–Crippen LogP) is 4.45. The number of aryl methyl sites for hydroxylation is 1. The van der Waals surface area contributed by atoms with E-state index in [1.165, 1.54) is 12.1 Å². The van der Waals surface area contributed by atoms with Crippen molar-refractivity contribution in [2.45, 2.75) is 19.9 Å². The van der Waals surface area contributed by atoms with E-state index >= 15 is 0 Å². The molecule has 0 saturated heterocycles. The first kappa shape index (κ1) is 21.3. The summed E-state index contributed by atoms with van der Waals surface area (Å²) in [6, 6.07) is 8.90. The van der Waals surface area contributed by atoms with Crippen LogP contribution < -0.4 is 10.6 Å². The minimum absolute atomic E-state index is 0.00713. The summed E-state index contributed by atoms with van der Waals surface area (Å²) in [5.41, 5.74) is 1.67. The number of hydrogen-bond donors (Lipinski definition) is 2. The Bertz CT molecular complexity index is 863. The molecular formula is C19H20BrClFN3O2. The zero-order chi connectivity index (χ0) is 20.1. The predicted molar refractivity (Wildman–Crippen MR) is 110 cm³/mol. The Labute approximate surface area is 171 Å². The van der Waals surface area contributed by atoms with Crippen LogP contribution in [0.1, 0.15) is 12.5 Å². The number of anilines is 2. The molecule has 0 radical (unpaired) electrons. The highest BCUT2D eigenvalue weighted by molar-refractivity contribution is 9.10. The van der Waals surface area contributed by atoms with E-state index in [0.29, 0.717) is 5.69 Å². The van der Waals surface area contributed by atoms with Crippen molar-refractivity contribution in [1.82, 2.24) is 4.90 Å². The Kier molecular flexibility index (Phi) is 7.35. The number of hydrogen-bond acceptors (Lipinski definition) is 3. The summed E-state index contributed by atoms with van der Waals surface area (Å²) in [6.07, 6.45) is 0. The van der Waals surface area contributed by atoms with Crippen molar-refractivity contribution in [3.63, 3.8) is 0 Å². The molecule has 0 aliphatic heterocycles. The van der Waals surface area contributed by atoms with Crippen molar-refractivity contribution in [2.75, 3.05) is 24.2 Å². The highest BCUT2D eigenvalue weighted by atomic mass is 79.9. The van der Waals surface area contributed by atoms with Gasteiger partial charge in [0.05, 0.1) is 18.3 Å². The van der Waals surface area contributed by atoms with Gasteiger partial charge in [0.2, 0.25) is 11.8 Å². The summed E-state index contributed by atoms with van der Waals surface area (Å²) in [6.45, 7) is 3.54. The minimum atomic E-state index is -0.642. The molecule has 8 heteroatoms. The van der Waals surface area contributed by atoms with E-state index in [-0.39, 0.29) is 23.2 Å². The number of halogens is 3. The largest absolute Gasteiger partial charge is 0.325 e. The summed E-state index contributed by atoms with van der Waals surface area (Å²) in [5, 5.41) is 5.57. The first-order valence-corrected chi connectivity index (χ1v) is 9.36. The van der Waals surface area contributed by atoms with Gasteiger partial charge in [0.15, 0.2) is 0 Å². The summed E-state index contributed by atoms with van der Waals surface area (Å²) >= 11 is 9.08. The lowest BCUT2D eigenvalue weighted by atomic mass is 10.2. The Hall–Kier alpha value is -1.96. The van der Waals surface area contributed by atoms with E-state index in [1.54, 1.807) is 24.9 Å². The minimum Gasteiger partial charge on any atom is -0.325 e. The Morgan fingerprint density at radius 1 is 1.19 bits per heavy atom. The number of likely N-dealkylation sites (N-methyl/N-ethyl adjacent to an activating group) is 1. The molecule has 2 rings (SSSR count). The molecule has 0 fully saturated rings. The van der Waals surface area contributed by atoms with Gasteiger partial charge < -0.3 is 10.6 Å². The molecular weight excluding hydrogens is 437 g/mol. The fourth-order valence-electron chi connectivity index (χ4n) is 2.35. The van der Waals surface area contributed by atoms with Crippen molar-refractivity contribution in [3.8, 4) is 0 Å². The molecule has 2 aromatic rings. The zero-order valence-electron chi connectivity index (χ0n) is 15.1. The first-order chi connectivity index (χ1) is 12.7. The zero-order valence-corrected chi connectivity index (χ0v) is 17.5.